The number of benzene rings is 2. The first-order valence-electron chi connectivity index (χ1n) is 7.04. The van der Waals surface area contributed by atoms with E-state index in [0.29, 0.717) is 0 Å². The van der Waals surface area contributed by atoms with Gasteiger partial charge < -0.3 is 4.90 Å². The first-order chi connectivity index (χ1) is 9.83. The predicted octanol–water partition coefficient (Wildman–Crippen LogP) is 4.72. The van der Waals surface area contributed by atoms with E-state index in [-0.39, 0.29) is 5.82 Å². The summed E-state index contributed by atoms with van der Waals surface area (Å²) in [6.45, 7) is 2.32. The summed E-state index contributed by atoms with van der Waals surface area (Å²) in [6, 6.07) is 15.4. The fraction of sp³-hybridized carbons (Fsp3) is 0.294. The second-order valence-corrected chi connectivity index (χ2v) is 6.09. The topological polar surface area (TPSA) is 3.24 Å². The highest BCUT2D eigenvalue weighted by Gasteiger charge is 2.15. The number of thioether (sulfide) groups is 1. The minimum Gasteiger partial charge on any atom is -0.371 e. The number of hydrogen-bond donors (Lipinski definition) is 0. The van der Waals surface area contributed by atoms with Gasteiger partial charge in [0.25, 0.3) is 0 Å². The summed E-state index contributed by atoms with van der Waals surface area (Å²) in [5.74, 6) is 0.710. The standard InChI is InChI=1S/C17H18FNS/c18-15-9-7-14(8-10-15)13-20-17-6-2-1-5-16(17)19-11-3-4-12-19/h1-2,5-10H,3-4,11-13H2. The Labute approximate surface area is 123 Å². The van der Waals surface area contributed by atoms with E-state index in [1.807, 2.05) is 23.9 Å². The molecule has 3 heteroatoms. The molecular formula is C17H18FNS. The highest BCUT2D eigenvalue weighted by molar-refractivity contribution is 7.98. The quantitative estimate of drug-likeness (QED) is 0.749. The van der Waals surface area contributed by atoms with E-state index in [1.54, 1.807) is 0 Å². The second kappa shape index (κ2) is 6.31. The van der Waals surface area contributed by atoms with Crippen LogP contribution in [0.2, 0.25) is 0 Å². The van der Waals surface area contributed by atoms with Gasteiger partial charge in [0.1, 0.15) is 5.82 Å². The number of halogens is 1. The van der Waals surface area contributed by atoms with Crippen LogP contribution in [0.5, 0.6) is 0 Å². The molecule has 0 radical (unpaired) electrons. The van der Waals surface area contributed by atoms with Crippen molar-refractivity contribution in [2.75, 3.05) is 18.0 Å². The van der Waals surface area contributed by atoms with Crippen LogP contribution in [0.25, 0.3) is 0 Å². The summed E-state index contributed by atoms with van der Waals surface area (Å²) in [7, 11) is 0. The number of nitrogens with zero attached hydrogens (tertiary/aromatic N) is 1. The van der Waals surface area contributed by atoms with Crippen molar-refractivity contribution in [3.05, 3.63) is 59.9 Å². The highest BCUT2D eigenvalue weighted by atomic mass is 32.2. The molecule has 0 atom stereocenters. The molecule has 1 nitrogen and oxygen atoms in total. The van der Waals surface area contributed by atoms with Crippen LogP contribution in [0, 0.1) is 5.82 Å². The molecule has 0 aliphatic carbocycles. The van der Waals surface area contributed by atoms with E-state index in [0.717, 1.165) is 24.4 Å². The molecule has 1 fully saturated rings. The van der Waals surface area contributed by atoms with Gasteiger partial charge in [0, 0.05) is 23.7 Å². The van der Waals surface area contributed by atoms with E-state index in [1.165, 1.54) is 35.6 Å². The lowest BCUT2D eigenvalue weighted by atomic mass is 10.2. The number of hydrogen-bond acceptors (Lipinski definition) is 2. The Bertz CT molecular complexity index is 561. The highest BCUT2D eigenvalue weighted by Crippen LogP contribution is 2.33. The molecule has 20 heavy (non-hydrogen) atoms. The number of anilines is 1. The van der Waals surface area contributed by atoms with Gasteiger partial charge in [-0.25, -0.2) is 4.39 Å². The summed E-state index contributed by atoms with van der Waals surface area (Å²) in [5, 5.41) is 0. The molecule has 104 valence electrons. The van der Waals surface area contributed by atoms with Gasteiger partial charge >= 0.3 is 0 Å². The Kier molecular flexibility index (Phi) is 4.26. The summed E-state index contributed by atoms with van der Waals surface area (Å²) < 4.78 is 12.9. The van der Waals surface area contributed by atoms with Gasteiger partial charge in [-0.15, -0.1) is 11.8 Å². The lowest BCUT2D eigenvalue weighted by molar-refractivity contribution is 0.627. The molecule has 1 aliphatic heterocycles. The van der Waals surface area contributed by atoms with Crippen LogP contribution in [0.1, 0.15) is 18.4 Å². The Balaban J connectivity index is 1.72. The number of rotatable bonds is 4. The maximum absolute atomic E-state index is 12.9. The van der Waals surface area contributed by atoms with Gasteiger partial charge in [0.2, 0.25) is 0 Å². The normalized spacial score (nSPS) is 14.8. The SMILES string of the molecule is Fc1ccc(CSc2ccccc2N2CCCC2)cc1. The van der Waals surface area contributed by atoms with Gasteiger partial charge in [-0.05, 0) is 42.7 Å². The molecule has 0 bridgehead atoms. The zero-order valence-corrected chi connectivity index (χ0v) is 12.2. The summed E-state index contributed by atoms with van der Waals surface area (Å²) in [6.07, 6.45) is 2.58. The van der Waals surface area contributed by atoms with Crippen molar-refractivity contribution in [3.63, 3.8) is 0 Å². The monoisotopic (exact) mass is 287 g/mol. The average Bonchev–Trinajstić information content (AvgIpc) is 3.01. The minimum atomic E-state index is -0.170. The Hall–Kier alpha value is -1.48. The first-order valence-corrected chi connectivity index (χ1v) is 8.03. The number of para-hydroxylation sites is 1. The minimum absolute atomic E-state index is 0.170. The van der Waals surface area contributed by atoms with Crippen molar-refractivity contribution in [3.8, 4) is 0 Å². The van der Waals surface area contributed by atoms with Crippen LogP contribution >= 0.6 is 11.8 Å². The van der Waals surface area contributed by atoms with Gasteiger partial charge in [-0.2, -0.15) is 0 Å². The zero-order chi connectivity index (χ0) is 13.8. The van der Waals surface area contributed by atoms with Gasteiger partial charge in [-0.1, -0.05) is 24.3 Å². The van der Waals surface area contributed by atoms with Crippen molar-refractivity contribution in [2.45, 2.75) is 23.5 Å². The smallest absolute Gasteiger partial charge is 0.123 e. The molecule has 1 aliphatic rings. The lowest BCUT2D eigenvalue weighted by Crippen LogP contribution is -2.18. The molecule has 3 rings (SSSR count). The van der Waals surface area contributed by atoms with Gasteiger partial charge in [0.05, 0.1) is 5.69 Å². The molecule has 0 unspecified atom stereocenters. The maximum atomic E-state index is 12.9. The Morgan fingerprint density at radius 3 is 2.40 bits per heavy atom. The summed E-state index contributed by atoms with van der Waals surface area (Å²) in [5.41, 5.74) is 2.50. The van der Waals surface area contributed by atoms with Crippen LogP contribution < -0.4 is 4.90 Å². The third-order valence-corrected chi connectivity index (χ3v) is 4.75. The fourth-order valence-electron chi connectivity index (χ4n) is 2.54. The second-order valence-electron chi connectivity index (χ2n) is 5.08. The van der Waals surface area contributed by atoms with Crippen molar-refractivity contribution >= 4 is 17.4 Å². The molecule has 0 saturated carbocycles. The first kappa shape index (κ1) is 13.5. The molecule has 2 aromatic carbocycles. The predicted molar refractivity (Wildman–Crippen MR) is 83.9 cm³/mol. The van der Waals surface area contributed by atoms with E-state index < -0.39 is 0 Å². The van der Waals surface area contributed by atoms with E-state index in [4.69, 9.17) is 0 Å². The largest absolute Gasteiger partial charge is 0.371 e. The van der Waals surface area contributed by atoms with Gasteiger partial charge in [0.15, 0.2) is 0 Å². The van der Waals surface area contributed by atoms with Crippen molar-refractivity contribution in [1.29, 1.82) is 0 Å². The van der Waals surface area contributed by atoms with Crippen LogP contribution in [0.4, 0.5) is 10.1 Å². The summed E-state index contributed by atoms with van der Waals surface area (Å²) in [4.78, 5) is 3.78. The van der Waals surface area contributed by atoms with Crippen molar-refractivity contribution in [2.24, 2.45) is 0 Å². The molecule has 0 amide bonds. The van der Waals surface area contributed by atoms with Crippen LogP contribution in [-0.4, -0.2) is 13.1 Å². The molecule has 0 aromatic heterocycles. The lowest BCUT2D eigenvalue weighted by Gasteiger charge is -2.20. The Morgan fingerprint density at radius 1 is 0.950 bits per heavy atom. The average molecular weight is 287 g/mol. The maximum Gasteiger partial charge on any atom is 0.123 e. The van der Waals surface area contributed by atoms with Gasteiger partial charge in [-0.3, -0.25) is 0 Å². The third-order valence-electron chi connectivity index (χ3n) is 3.62. The zero-order valence-electron chi connectivity index (χ0n) is 11.4. The Morgan fingerprint density at radius 2 is 1.65 bits per heavy atom. The van der Waals surface area contributed by atoms with Crippen LogP contribution in [0.3, 0.4) is 0 Å². The van der Waals surface area contributed by atoms with E-state index in [2.05, 4.69) is 29.2 Å². The molecule has 1 heterocycles. The molecular weight excluding hydrogens is 269 g/mol. The van der Waals surface area contributed by atoms with Crippen LogP contribution in [0.15, 0.2) is 53.4 Å². The van der Waals surface area contributed by atoms with Crippen molar-refractivity contribution < 1.29 is 4.39 Å². The van der Waals surface area contributed by atoms with E-state index >= 15 is 0 Å². The van der Waals surface area contributed by atoms with Crippen LogP contribution in [-0.2, 0) is 5.75 Å². The van der Waals surface area contributed by atoms with E-state index in [9.17, 15) is 4.39 Å². The molecule has 1 saturated heterocycles. The molecule has 2 aromatic rings. The third kappa shape index (κ3) is 3.15. The molecule has 0 spiro atoms. The fourth-order valence-corrected chi connectivity index (χ4v) is 3.57. The van der Waals surface area contributed by atoms with Crippen molar-refractivity contribution in [1.82, 2.24) is 0 Å². The molecule has 0 N–H and O–H groups in total. The summed E-state index contributed by atoms with van der Waals surface area (Å²) >= 11 is 1.83.